The molecule has 1 aromatic heterocycles. The van der Waals surface area contributed by atoms with Crippen molar-refractivity contribution in [1.29, 1.82) is 5.26 Å². The molecule has 0 fully saturated rings. The Balaban J connectivity index is 2.59. The second-order valence-corrected chi connectivity index (χ2v) is 1.67. The quantitative estimate of drug-likeness (QED) is 0.575. The maximum absolute atomic E-state index is 8.18. The number of hydrogen-bond acceptors (Lipinski definition) is 5. The van der Waals surface area contributed by atoms with Crippen molar-refractivity contribution in [2.24, 2.45) is 0 Å². The standard InChI is InChI=1S/C4H6N6/c5-2-1-3-10-4(6)7-8-9-10/h1,3H2,(H2,6,7,9). The number of anilines is 1. The summed E-state index contributed by atoms with van der Waals surface area (Å²) in [7, 11) is 0. The normalized spacial score (nSPS) is 9.10. The number of nitrogen functional groups attached to an aromatic ring is 1. The average molecular weight is 138 g/mol. The molecule has 6 nitrogen and oxygen atoms in total. The van der Waals surface area contributed by atoms with Crippen molar-refractivity contribution in [1.82, 2.24) is 20.2 Å². The predicted molar refractivity (Wildman–Crippen MR) is 32.5 cm³/mol. The van der Waals surface area contributed by atoms with Crippen molar-refractivity contribution >= 4 is 5.95 Å². The van der Waals surface area contributed by atoms with Gasteiger partial charge in [0.2, 0.25) is 5.95 Å². The summed E-state index contributed by atoms with van der Waals surface area (Å²) in [5, 5.41) is 18.5. The molecule has 0 aromatic carbocycles. The zero-order chi connectivity index (χ0) is 7.40. The molecule has 1 rings (SSSR count). The Morgan fingerprint density at radius 2 is 2.50 bits per heavy atom. The van der Waals surface area contributed by atoms with E-state index < -0.39 is 0 Å². The van der Waals surface area contributed by atoms with Crippen LogP contribution in [0.2, 0.25) is 0 Å². The van der Waals surface area contributed by atoms with Crippen LogP contribution in [0.25, 0.3) is 0 Å². The molecule has 10 heavy (non-hydrogen) atoms. The lowest BCUT2D eigenvalue weighted by molar-refractivity contribution is 0.606. The summed E-state index contributed by atoms with van der Waals surface area (Å²) in [4.78, 5) is 0. The number of rotatable bonds is 2. The highest BCUT2D eigenvalue weighted by molar-refractivity contribution is 5.09. The van der Waals surface area contributed by atoms with E-state index in [9.17, 15) is 0 Å². The van der Waals surface area contributed by atoms with E-state index in [-0.39, 0.29) is 5.95 Å². The van der Waals surface area contributed by atoms with Gasteiger partial charge in [-0.1, -0.05) is 5.10 Å². The van der Waals surface area contributed by atoms with E-state index in [1.807, 2.05) is 6.07 Å². The van der Waals surface area contributed by atoms with E-state index in [1.54, 1.807) is 0 Å². The van der Waals surface area contributed by atoms with E-state index in [0.717, 1.165) is 0 Å². The van der Waals surface area contributed by atoms with Gasteiger partial charge in [0, 0.05) is 0 Å². The van der Waals surface area contributed by atoms with E-state index in [4.69, 9.17) is 11.0 Å². The maximum atomic E-state index is 8.18. The van der Waals surface area contributed by atoms with Crippen molar-refractivity contribution in [3.63, 3.8) is 0 Å². The number of nitrogens with zero attached hydrogens (tertiary/aromatic N) is 5. The van der Waals surface area contributed by atoms with Gasteiger partial charge in [0.1, 0.15) is 0 Å². The summed E-state index contributed by atoms with van der Waals surface area (Å²) in [5.41, 5.74) is 5.30. The summed E-state index contributed by atoms with van der Waals surface area (Å²) in [6, 6.07) is 1.96. The van der Waals surface area contributed by atoms with Crippen LogP contribution in [0.3, 0.4) is 0 Å². The number of nitrogens with two attached hydrogens (primary N) is 1. The Labute approximate surface area is 57.2 Å². The highest BCUT2D eigenvalue weighted by Gasteiger charge is 1.97. The molecule has 1 aromatic rings. The number of tetrazole rings is 1. The minimum absolute atomic E-state index is 0.246. The lowest BCUT2D eigenvalue weighted by Crippen LogP contribution is -2.04. The maximum Gasteiger partial charge on any atom is 0.240 e. The van der Waals surface area contributed by atoms with Gasteiger partial charge in [-0.3, -0.25) is 0 Å². The molecule has 0 aliphatic rings. The number of aromatic nitrogens is 4. The minimum Gasteiger partial charge on any atom is -0.367 e. The van der Waals surface area contributed by atoms with Gasteiger partial charge in [-0.15, -0.1) is 0 Å². The summed E-state index contributed by atoms with van der Waals surface area (Å²) >= 11 is 0. The third-order valence-corrected chi connectivity index (χ3v) is 0.995. The predicted octanol–water partition coefficient (Wildman–Crippen LogP) is -0.831. The highest BCUT2D eigenvalue weighted by Crippen LogP contribution is 1.92. The summed E-state index contributed by atoms with van der Waals surface area (Å²) in [5.74, 6) is 0.246. The van der Waals surface area contributed by atoms with E-state index >= 15 is 0 Å². The zero-order valence-corrected chi connectivity index (χ0v) is 5.23. The van der Waals surface area contributed by atoms with Gasteiger partial charge >= 0.3 is 0 Å². The van der Waals surface area contributed by atoms with Crippen LogP contribution in [0, 0.1) is 11.3 Å². The molecule has 0 unspecified atom stereocenters. The van der Waals surface area contributed by atoms with Gasteiger partial charge in [-0.25, -0.2) is 4.68 Å². The first-order chi connectivity index (χ1) is 4.84. The number of aryl methyl sites for hydroxylation is 1. The molecule has 0 bridgehead atoms. The largest absolute Gasteiger partial charge is 0.367 e. The monoisotopic (exact) mass is 138 g/mol. The van der Waals surface area contributed by atoms with E-state index in [0.29, 0.717) is 13.0 Å². The van der Waals surface area contributed by atoms with Gasteiger partial charge < -0.3 is 5.73 Å². The van der Waals surface area contributed by atoms with E-state index in [2.05, 4.69) is 15.5 Å². The Morgan fingerprint density at radius 1 is 1.70 bits per heavy atom. The average Bonchev–Trinajstić information content (AvgIpc) is 2.31. The molecule has 0 amide bonds. The first kappa shape index (κ1) is 6.48. The molecule has 6 heteroatoms. The van der Waals surface area contributed by atoms with Crippen LogP contribution in [0.15, 0.2) is 0 Å². The van der Waals surface area contributed by atoms with Crippen LogP contribution in [0.5, 0.6) is 0 Å². The van der Waals surface area contributed by atoms with E-state index in [1.165, 1.54) is 4.68 Å². The first-order valence-corrected chi connectivity index (χ1v) is 2.73. The lowest BCUT2D eigenvalue weighted by Gasteiger charge is -1.93. The lowest BCUT2D eigenvalue weighted by atomic mass is 10.5. The smallest absolute Gasteiger partial charge is 0.240 e. The Hall–Kier alpha value is -1.64. The first-order valence-electron chi connectivity index (χ1n) is 2.73. The topological polar surface area (TPSA) is 93.4 Å². The Morgan fingerprint density at radius 3 is 3.00 bits per heavy atom. The third kappa shape index (κ3) is 1.20. The van der Waals surface area contributed by atoms with Crippen molar-refractivity contribution < 1.29 is 0 Å². The fourth-order valence-electron chi connectivity index (χ4n) is 0.527. The molecule has 0 spiro atoms. The SMILES string of the molecule is N#CCCn1nnnc1N. The molecule has 0 aliphatic heterocycles. The second-order valence-electron chi connectivity index (χ2n) is 1.67. The summed E-state index contributed by atoms with van der Waals surface area (Å²) in [6.07, 6.45) is 0.370. The van der Waals surface area contributed by atoms with Gasteiger partial charge in [0.15, 0.2) is 0 Å². The molecular weight excluding hydrogens is 132 g/mol. The van der Waals surface area contributed by atoms with Gasteiger partial charge in [-0.2, -0.15) is 5.26 Å². The van der Waals surface area contributed by atoms with Crippen molar-refractivity contribution in [2.75, 3.05) is 5.73 Å². The fraction of sp³-hybridized carbons (Fsp3) is 0.500. The molecule has 0 radical (unpaired) electrons. The van der Waals surface area contributed by atoms with Crippen LogP contribution in [-0.2, 0) is 6.54 Å². The second kappa shape index (κ2) is 2.77. The third-order valence-electron chi connectivity index (χ3n) is 0.995. The summed E-state index contributed by atoms with van der Waals surface area (Å²) in [6.45, 7) is 0.454. The highest BCUT2D eigenvalue weighted by atomic mass is 15.6. The van der Waals surface area contributed by atoms with Gasteiger partial charge in [-0.05, 0) is 10.4 Å². The summed E-state index contributed by atoms with van der Waals surface area (Å²) < 4.78 is 1.38. The molecular formula is C4H6N6. The molecule has 0 aliphatic carbocycles. The molecule has 1 heterocycles. The van der Waals surface area contributed by atoms with Crippen LogP contribution in [0.1, 0.15) is 6.42 Å². The molecule has 52 valence electrons. The Kier molecular flexibility index (Phi) is 1.80. The number of nitriles is 1. The Bertz CT molecular complexity index is 244. The van der Waals surface area contributed by atoms with Crippen LogP contribution >= 0.6 is 0 Å². The van der Waals surface area contributed by atoms with Gasteiger partial charge in [0.05, 0.1) is 19.0 Å². The zero-order valence-electron chi connectivity index (χ0n) is 5.23. The van der Waals surface area contributed by atoms with Crippen LogP contribution < -0.4 is 5.73 Å². The molecule has 0 saturated carbocycles. The fourth-order valence-corrected chi connectivity index (χ4v) is 0.527. The van der Waals surface area contributed by atoms with Crippen LogP contribution in [0.4, 0.5) is 5.95 Å². The van der Waals surface area contributed by atoms with Gasteiger partial charge in [0.25, 0.3) is 0 Å². The molecule has 2 N–H and O–H groups in total. The van der Waals surface area contributed by atoms with Crippen molar-refractivity contribution in [3.8, 4) is 6.07 Å². The minimum atomic E-state index is 0.246. The number of hydrogen-bond donors (Lipinski definition) is 1. The molecule has 0 saturated heterocycles. The van der Waals surface area contributed by atoms with Crippen molar-refractivity contribution in [3.05, 3.63) is 0 Å². The molecule has 0 atom stereocenters. The van der Waals surface area contributed by atoms with Crippen molar-refractivity contribution in [2.45, 2.75) is 13.0 Å². The van der Waals surface area contributed by atoms with Crippen LogP contribution in [-0.4, -0.2) is 20.2 Å².